The van der Waals surface area contributed by atoms with Crippen molar-refractivity contribution in [1.29, 1.82) is 0 Å². The minimum atomic E-state index is 0.235. The van der Waals surface area contributed by atoms with Crippen LogP contribution in [-0.2, 0) is 0 Å². The van der Waals surface area contributed by atoms with Crippen molar-refractivity contribution < 1.29 is 0 Å². The third kappa shape index (κ3) is 6.20. The Balaban J connectivity index is 1.22. The van der Waals surface area contributed by atoms with Gasteiger partial charge in [0.25, 0.3) is 0 Å². The third-order valence-corrected chi connectivity index (χ3v) is 12.2. The molecule has 0 fully saturated rings. The Morgan fingerprint density at radius 3 is 1.80 bits per heavy atom. The molecule has 0 aromatic heterocycles. The van der Waals surface area contributed by atoms with Crippen LogP contribution in [0.1, 0.15) is 22.6 Å². The van der Waals surface area contributed by atoms with Gasteiger partial charge < -0.3 is 4.90 Å². The molecule has 0 saturated heterocycles. The van der Waals surface area contributed by atoms with Crippen molar-refractivity contribution in [1.82, 2.24) is 0 Å². The third-order valence-electron chi connectivity index (χ3n) is 12.2. The Labute approximate surface area is 346 Å². The Morgan fingerprint density at radius 2 is 0.983 bits per heavy atom. The van der Waals surface area contributed by atoms with Gasteiger partial charge in [0.1, 0.15) is 0 Å². The topological polar surface area (TPSA) is 3.24 Å². The van der Waals surface area contributed by atoms with E-state index in [4.69, 9.17) is 0 Å². The van der Waals surface area contributed by atoms with Crippen LogP contribution < -0.4 is 4.90 Å². The van der Waals surface area contributed by atoms with Gasteiger partial charge in [-0.3, -0.25) is 0 Å². The first-order valence-electron chi connectivity index (χ1n) is 20.6. The molecule has 0 aliphatic heterocycles. The number of hydrogen-bond acceptors (Lipinski definition) is 1. The van der Waals surface area contributed by atoms with Gasteiger partial charge in [0, 0.05) is 28.8 Å². The van der Waals surface area contributed by atoms with Crippen LogP contribution in [0, 0.1) is 5.92 Å². The molecular weight excluding hydrogens is 711 g/mol. The molecule has 2 atom stereocenters. The van der Waals surface area contributed by atoms with Gasteiger partial charge in [-0.1, -0.05) is 200 Å². The highest BCUT2D eigenvalue weighted by molar-refractivity contribution is 6.15. The molecular formula is C58H41N. The van der Waals surface area contributed by atoms with Crippen molar-refractivity contribution in [2.45, 2.75) is 5.92 Å². The molecule has 1 heteroatoms. The van der Waals surface area contributed by atoms with Gasteiger partial charge in [-0.05, 0) is 108 Å². The predicted molar refractivity (Wildman–Crippen MR) is 250 cm³/mol. The number of hydrogen-bond donors (Lipinski definition) is 0. The average Bonchev–Trinajstić information content (AvgIpc) is 3.32. The summed E-state index contributed by atoms with van der Waals surface area (Å²) in [6.45, 7) is 0. The van der Waals surface area contributed by atoms with E-state index in [0.717, 1.165) is 17.1 Å². The van der Waals surface area contributed by atoms with Crippen molar-refractivity contribution in [2.75, 3.05) is 4.90 Å². The molecule has 2 unspecified atom stereocenters. The van der Waals surface area contributed by atoms with Crippen LogP contribution in [0.3, 0.4) is 0 Å². The fraction of sp³-hybridized carbons (Fsp3) is 0.0345. The van der Waals surface area contributed by atoms with Crippen LogP contribution >= 0.6 is 0 Å². The van der Waals surface area contributed by atoms with E-state index in [1.54, 1.807) is 0 Å². The number of rotatable bonds is 7. The van der Waals surface area contributed by atoms with E-state index in [0.29, 0.717) is 5.92 Å². The number of anilines is 3. The maximum atomic E-state index is 2.54. The second-order valence-electron chi connectivity index (χ2n) is 15.6. The molecule has 2 aliphatic carbocycles. The number of benzene rings is 9. The predicted octanol–water partition coefficient (Wildman–Crippen LogP) is 15.7. The van der Waals surface area contributed by atoms with Crippen LogP contribution in [0.4, 0.5) is 17.1 Å². The van der Waals surface area contributed by atoms with Crippen molar-refractivity contribution in [2.24, 2.45) is 5.92 Å². The molecule has 0 bridgehead atoms. The van der Waals surface area contributed by atoms with E-state index < -0.39 is 0 Å². The second-order valence-corrected chi connectivity index (χ2v) is 15.6. The minimum Gasteiger partial charge on any atom is -0.310 e. The summed E-state index contributed by atoms with van der Waals surface area (Å²) in [4.78, 5) is 2.48. The fourth-order valence-corrected chi connectivity index (χ4v) is 9.45. The second kappa shape index (κ2) is 14.8. The van der Waals surface area contributed by atoms with Crippen LogP contribution in [0.2, 0.25) is 0 Å². The summed E-state index contributed by atoms with van der Waals surface area (Å²) in [5.41, 5.74) is 15.7. The molecule has 0 N–H and O–H groups in total. The molecule has 2 aliphatic rings. The first kappa shape index (κ1) is 34.7. The number of allylic oxidation sites excluding steroid dienone is 5. The molecule has 59 heavy (non-hydrogen) atoms. The molecule has 0 radical (unpaired) electrons. The zero-order chi connectivity index (χ0) is 39.1. The standard InChI is InChI=1S/C58H41N/c1-3-17-40(18-4-1)42-33-35-46(36-34-42)59(47-24-15-23-43(37-47)41-19-5-2-6-20-41)57-32-16-31-54(55-38-44-21-7-9-25-48(44)50-27-11-13-29-52(50)55)58(57)56-39-45-22-8-10-26-49(45)51-28-12-14-30-53(51)56/h1-39,45,49H. The van der Waals surface area contributed by atoms with Crippen molar-refractivity contribution in [3.63, 3.8) is 0 Å². The maximum absolute atomic E-state index is 2.54. The van der Waals surface area contributed by atoms with Crippen LogP contribution in [0.15, 0.2) is 237 Å². The monoisotopic (exact) mass is 751 g/mol. The van der Waals surface area contributed by atoms with Crippen LogP contribution in [0.25, 0.3) is 60.5 Å². The van der Waals surface area contributed by atoms with Crippen molar-refractivity contribution in [3.8, 4) is 33.4 Å². The summed E-state index contributed by atoms with van der Waals surface area (Å²) < 4.78 is 0. The smallest absolute Gasteiger partial charge is 0.0546 e. The van der Waals surface area contributed by atoms with Gasteiger partial charge in [0.05, 0.1) is 5.69 Å². The number of nitrogens with zero attached hydrogens (tertiary/aromatic N) is 1. The summed E-state index contributed by atoms with van der Waals surface area (Å²) >= 11 is 0. The SMILES string of the molecule is C1=CC2C=C(c3c(-c4cc5ccccc5c5ccccc45)cccc3N(c3ccc(-c4ccccc4)cc3)c3cccc(-c4ccccc4)c3)c3ccccc3C2C=C1. The van der Waals surface area contributed by atoms with E-state index in [9.17, 15) is 0 Å². The molecule has 278 valence electrons. The van der Waals surface area contributed by atoms with Gasteiger partial charge in [0.2, 0.25) is 0 Å². The van der Waals surface area contributed by atoms with Gasteiger partial charge in [-0.15, -0.1) is 0 Å². The van der Waals surface area contributed by atoms with Crippen LogP contribution in [0.5, 0.6) is 0 Å². The van der Waals surface area contributed by atoms with Crippen molar-refractivity contribution >= 4 is 44.2 Å². The lowest BCUT2D eigenvalue weighted by molar-refractivity contribution is 0.689. The van der Waals surface area contributed by atoms with E-state index >= 15 is 0 Å². The Morgan fingerprint density at radius 1 is 0.373 bits per heavy atom. The zero-order valence-electron chi connectivity index (χ0n) is 32.6. The first-order valence-corrected chi connectivity index (χ1v) is 20.6. The molecule has 0 heterocycles. The quantitative estimate of drug-likeness (QED) is 0.147. The summed E-state index contributed by atoms with van der Waals surface area (Å²) in [5.74, 6) is 0.528. The summed E-state index contributed by atoms with van der Waals surface area (Å²) in [5, 5.41) is 5.02. The Bertz CT molecular complexity index is 3100. The van der Waals surface area contributed by atoms with Crippen LogP contribution in [-0.4, -0.2) is 0 Å². The van der Waals surface area contributed by atoms with E-state index in [-0.39, 0.29) is 5.92 Å². The number of fused-ring (bicyclic) bond motifs is 6. The van der Waals surface area contributed by atoms with E-state index in [2.05, 4.69) is 242 Å². The summed E-state index contributed by atoms with van der Waals surface area (Å²) in [6, 6.07) is 75.6. The minimum absolute atomic E-state index is 0.235. The van der Waals surface area contributed by atoms with E-state index in [1.807, 2.05) is 0 Å². The first-order chi connectivity index (χ1) is 29.3. The molecule has 9 aromatic carbocycles. The lowest BCUT2D eigenvalue weighted by Gasteiger charge is -2.35. The average molecular weight is 752 g/mol. The fourth-order valence-electron chi connectivity index (χ4n) is 9.45. The maximum Gasteiger partial charge on any atom is 0.0546 e. The normalized spacial score (nSPS) is 15.4. The highest BCUT2D eigenvalue weighted by atomic mass is 15.1. The highest BCUT2D eigenvalue weighted by Crippen LogP contribution is 2.51. The van der Waals surface area contributed by atoms with Gasteiger partial charge in [-0.2, -0.15) is 0 Å². The van der Waals surface area contributed by atoms with Gasteiger partial charge >= 0.3 is 0 Å². The van der Waals surface area contributed by atoms with E-state index in [1.165, 1.54) is 77.2 Å². The van der Waals surface area contributed by atoms with Crippen molar-refractivity contribution in [3.05, 3.63) is 253 Å². The molecule has 0 saturated carbocycles. The molecule has 11 rings (SSSR count). The summed E-state index contributed by atoms with van der Waals surface area (Å²) in [6.07, 6.45) is 11.7. The zero-order valence-corrected chi connectivity index (χ0v) is 32.6. The molecule has 1 nitrogen and oxygen atoms in total. The lowest BCUT2D eigenvalue weighted by Crippen LogP contribution is -2.18. The summed E-state index contributed by atoms with van der Waals surface area (Å²) in [7, 11) is 0. The Kier molecular flexibility index (Phi) is 8.71. The molecule has 0 amide bonds. The Hall–Kier alpha value is -7.48. The highest BCUT2D eigenvalue weighted by Gasteiger charge is 2.32. The largest absolute Gasteiger partial charge is 0.310 e. The lowest BCUT2D eigenvalue weighted by atomic mass is 9.72. The van der Waals surface area contributed by atoms with Gasteiger partial charge in [0.15, 0.2) is 0 Å². The molecule has 9 aromatic rings. The van der Waals surface area contributed by atoms with Gasteiger partial charge in [-0.25, -0.2) is 0 Å². The molecule has 0 spiro atoms.